The topological polar surface area (TPSA) is 68.0 Å². The number of halogens is 1. The number of nitrogens with zero attached hydrogens (tertiary/aromatic N) is 1. The van der Waals surface area contributed by atoms with Gasteiger partial charge in [-0.2, -0.15) is 0 Å². The smallest absolute Gasteiger partial charge is 0.251 e. The van der Waals surface area contributed by atoms with Crippen LogP contribution in [0.25, 0.3) is 0 Å². The van der Waals surface area contributed by atoms with Crippen molar-refractivity contribution >= 4 is 34.7 Å². The van der Waals surface area contributed by atoms with Gasteiger partial charge in [-0.1, -0.05) is 23.8 Å². The van der Waals surface area contributed by atoms with Crippen molar-refractivity contribution in [2.45, 2.75) is 0 Å². The van der Waals surface area contributed by atoms with Crippen LogP contribution in [0.3, 0.4) is 0 Å². The second-order valence-electron chi connectivity index (χ2n) is 2.52. The first-order valence-electron chi connectivity index (χ1n) is 3.77. The first kappa shape index (κ1) is 10.9. The second kappa shape index (κ2) is 4.88. The maximum Gasteiger partial charge on any atom is 0.251 e. The first-order chi connectivity index (χ1) is 6.59. The summed E-state index contributed by atoms with van der Waals surface area (Å²) in [6.07, 6.45) is 1.46. The van der Waals surface area contributed by atoms with Crippen molar-refractivity contribution in [2.75, 3.05) is 6.54 Å². The third kappa shape index (κ3) is 3.27. The number of carbonyl (C=O) groups excluding carboxylic acids is 1. The number of carbonyl (C=O) groups is 1. The van der Waals surface area contributed by atoms with E-state index in [1.165, 1.54) is 12.3 Å². The van der Waals surface area contributed by atoms with Crippen LogP contribution in [0.1, 0.15) is 10.4 Å². The van der Waals surface area contributed by atoms with Crippen LogP contribution in [0, 0.1) is 0 Å². The number of hydrogen-bond donors (Lipinski definition) is 2. The molecule has 6 heteroatoms. The molecule has 0 aromatic carbocycles. The molecule has 1 heterocycles. The fourth-order valence-corrected chi connectivity index (χ4v) is 1.06. The van der Waals surface area contributed by atoms with Crippen molar-refractivity contribution in [3.8, 4) is 0 Å². The number of amides is 1. The van der Waals surface area contributed by atoms with E-state index in [9.17, 15) is 4.79 Å². The van der Waals surface area contributed by atoms with Crippen LogP contribution in [0.5, 0.6) is 0 Å². The molecule has 0 fully saturated rings. The third-order valence-corrected chi connectivity index (χ3v) is 1.76. The fraction of sp³-hybridized carbons (Fsp3) is 0.125. The number of nitrogens with two attached hydrogens (primary N) is 1. The molecule has 0 spiro atoms. The summed E-state index contributed by atoms with van der Waals surface area (Å²) in [5, 5.41) is 2.81. The molecule has 1 amide bonds. The zero-order valence-corrected chi connectivity index (χ0v) is 8.73. The Balaban J connectivity index is 2.65. The van der Waals surface area contributed by atoms with Gasteiger partial charge in [0.25, 0.3) is 5.91 Å². The molecule has 3 N–H and O–H groups in total. The lowest BCUT2D eigenvalue weighted by Gasteiger charge is -2.03. The van der Waals surface area contributed by atoms with Crippen molar-refractivity contribution < 1.29 is 4.79 Å². The highest BCUT2D eigenvalue weighted by atomic mass is 35.5. The zero-order valence-electron chi connectivity index (χ0n) is 7.16. The summed E-state index contributed by atoms with van der Waals surface area (Å²) in [5.74, 6) is -0.276. The minimum atomic E-state index is -0.276. The molecule has 0 saturated carbocycles. The molecule has 14 heavy (non-hydrogen) atoms. The van der Waals surface area contributed by atoms with Crippen LogP contribution in [-0.4, -0.2) is 22.4 Å². The standard InChI is InChI=1S/C8H8ClN3OS/c9-6-3-5(1-2-11-6)8(13)12-4-7(10)14/h1-3H,4H2,(H2,10,14)(H,12,13). The molecule has 1 aromatic heterocycles. The van der Waals surface area contributed by atoms with Gasteiger partial charge in [0, 0.05) is 11.8 Å². The normalized spacial score (nSPS) is 9.50. The average molecular weight is 230 g/mol. The Morgan fingerprint density at radius 1 is 1.71 bits per heavy atom. The van der Waals surface area contributed by atoms with Gasteiger partial charge in [-0.3, -0.25) is 4.79 Å². The summed E-state index contributed by atoms with van der Waals surface area (Å²) >= 11 is 10.2. The van der Waals surface area contributed by atoms with Crippen molar-refractivity contribution in [3.05, 3.63) is 29.0 Å². The van der Waals surface area contributed by atoms with Crippen LogP contribution >= 0.6 is 23.8 Å². The summed E-state index contributed by atoms with van der Waals surface area (Å²) in [6.45, 7) is 0.175. The van der Waals surface area contributed by atoms with Crippen molar-refractivity contribution in [3.63, 3.8) is 0 Å². The molecule has 4 nitrogen and oxygen atoms in total. The molecule has 74 valence electrons. The van der Waals surface area contributed by atoms with Crippen LogP contribution in [-0.2, 0) is 0 Å². The highest BCUT2D eigenvalue weighted by Crippen LogP contribution is 2.06. The van der Waals surface area contributed by atoms with Crippen LogP contribution in [0.4, 0.5) is 0 Å². The van der Waals surface area contributed by atoms with E-state index in [1.54, 1.807) is 6.07 Å². The average Bonchev–Trinajstić information content (AvgIpc) is 2.14. The Labute approximate surface area is 91.5 Å². The van der Waals surface area contributed by atoms with Crippen molar-refractivity contribution in [1.82, 2.24) is 10.3 Å². The molecule has 0 atom stereocenters. The number of aromatic nitrogens is 1. The SMILES string of the molecule is NC(=S)CNC(=O)c1ccnc(Cl)c1. The van der Waals surface area contributed by atoms with Gasteiger partial charge in [0.05, 0.1) is 11.5 Å². The van der Waals surface area contributed by atoms with E-state index in [-0.39, 0.29) is 22.6 Å². The lowest BCUT2D eigenvalue weighted by atomic mass is 10.2. The molecule has 0 aliphatic carbocycles. The number of thiocarbonyl (C=S) groups is 1. The van der Waals surface area contributed by atoms with Crippen molar-refractivity contribution in [1.29, 1.82) is 0 Å². The molecular weight excluding hydrogens is 222 g/mol. The van der Waals surface area contributed by atoms with Gasteiger partial charge in [-0.25, -0.2) is 4.98 Å². The Morgan fingerprint density at radius 3 is 3.00 bits per heavy atom. The van der Waals surface area contributed by atoms with E-state index in [0.717, 1.165) is 0 Å². The molecule has 1 rings (SSSR count). The first-order valence-corrected chi connectivity index (χ1v) is 4.56. The summed E-state index contributed by atoms with van der Waals surface area (Å²) in [7, 11) is 0. The van der Waals surface area contributed by atoms with Gasteiger partial charge >= 0.3 is 0 Å². The van der Waals surface area contributed by atoms with Gasteiger partial charge in [0.15, 0.2) is 0 Å². The molecule has 0 aliphatic heterocycles. The molecular formula is C8H8ClN3OS. The minimum absolute atomic E-state index is 0.175. The Hall–Kier alpha value is -1.20. The Kier molecular flexibility index (Phi) is 3.79. The van der Waals surface area contributed by atoms with Gasteiger partial charge in [-0.05, 0) is 12.1 Å². The van der Waals surface area contributed by atoms with Gasteiger partial charge < -0.3 is 11.1 Å². The lowest BCUT2D eigenvalue weighted by Crippen LogP contribution is -2.32. The molecule has 0 aliphatic rings. The molecule has 1 aromatic rings. The van der Waals surface area contributed by atoms with E-state index >= 15 is 0 Å². The predicted molar refractivity (Wildman–Crippen MR) is 58.4 cm³/mol. The van der Waals surface area contributed by atoms with Crippen LogP contribution in [0.15, 0.2) is 18.3 Å². The minimum Gasteiger partial charge on any atom is -0.392 e. The van der Waals surface area contributed by atoms with E-state index in [2.05, 4.69) is 22.5 Å². The third-order valence-electron chi connectivity index (χ3n) is 1.41. The summed E-state index contributed by atoms with van der Waals surface area (Å²) in [4.78, 5) is 15.4. The maximum atomic E-state index is 11.4. The molecule has 0 saturated heterocycles. The van der Waals surface area contributed by atoms with Crippen LogP contribution < -0.4 is 11.1 Å². The van der Waals surface area contributed by atoms with Gasteiger partial charge in [0.2, 0.25) is 0 Å². The van der Waals surface area contributed by atoms with Gasteiger partial charge in [0.1, 0.15) is 5.15 Å². The highest BCUT2D eigenvalue weighted by Gasteiger charge is 2.05. The monoisotopic (exact) mass is 229 g/mol. The Bertz CT molecular complexity index is 369. The predicted octanol–water partition coefficient (Wildman–Crippen LogP) is 0.751. The van der Waals surface area contributed by atoms with Crippen LogP contribution in [0.2, 0.25) is 5.15 Å². The number of nitrogens with one attached hydrogen (secondary N) is 1. The van der Waals surface area contributed by atoms with E-state index in [1.807, 2.05) is 0 Å². The number of pyridine rings is 1. The molecule has 0 radical (unpaired) electrons. The molecule has 0 unspecified atom stereocenters. The second-order valence-corrected chi connectivity index (χ2v) is 3.43. The van der Waals surface area contributed by atoms with E-state index in [4.69, 9.17) is 17.3 Å². The largest absolute Gasteiger partial charge is 0.392 e. The zero-order chi connectivity index (χ0) is 10.6. The molecule has 0 bridgehead atoms. The summed E-state index contributed by atoms with van der Waals surface area (Å²) in [5.41, 5.74) is 5.66. The highest BCUT2D eigenvalue weighted by molar-refractivity contribution is 7.80. The summed E-state index contributed by atoms with van der Waals surface area (Å²) < 4.78 is 0. The fourth-order valence-electron chi connectivity index (χ4n) is 0.813. The van der Waals surface area contributed by atoms with Gasteiger partial charge in [-0.15, -0.1) is 0 Å². The maximum absolute atomic E-state index is 11.4. The van der Waals surface area contributed by atoms with E-state index in [0.29, 0.717) is 5.56 Å². The quantitative estimate of drug-likeness (QED) is 0.593. The lowest BCUT2D eigenvalue weighted by molar-refractivity contribution is 0.0959. The van der Waals surface area contributed by atoms with Crippen molar-refractivity contribution in [2.24, 2.45) is 5.73 Å². The number of rotatable bonds is 3. The number of hydrogen-bond acceptors (Lipinski definition) is 3. The van der Waals surface area contributed by atoms with E-state index < -0.39 is 0 Å². The summed E-state index contributed by atoms with van der Waals surface area (Å²) in [6, 6.07) is 3.03. The Morgan fingerprint density at radius 2 is 2.43 bits per heavy atom.